The van der Waals surface area contributed by atoms with Gasteiger partial charge in [0.1, 0.15) is 16.8 Å². The van der Waals surface area contributed by atoms with Crippen molar-refractivity contribution in [1.29, 1.82) is 0 Å². The molecule has 7 heteroatoms. The van der Waals surface area contributed by atoms with Gasteiger partial charge in [0.25, 0.3) is 0 Å². The molecule has 0 unspecified atom stereocenters. The molecule has 0 aliphatic heterocycles. The van der Waals surface area contributed by atoms with E-state index in [9.17, 15) is 10.2 Å². The maximum absolute atomic E-state index is 10.2. The minimum absolute atomic E-state index is 0.222. The maximum Gasteiger partial charge on any atom is 0.155 e. The van der Waals surface area contributed by atoms with Crippen LogP contribution in [0.1, 0.15) is 0 Å². The lowest BCUT2D eigenvalue weighted by molar-refractivity contribution is 0.416. The zero-order valence-corrected chi connectivity index (χ0v) is 24.6. The average molecular weight is 724 g/mol. The predicted molar refractivity (Wildman–Crippen MR) is 170 cm³/mol. The Morgan fingerprint density at radius 2 is 1.13 bits per heavy atom. The molecule has 0 fully saturated rings. The molecule has 0 aliphatic rings. The van der Waals surface area contributed by atoms with Crippen LogP contribution in [0.4, 0.5) is 0 Å². The number of rotatable bonds is 3. The number of pyridine rings is 2. The van der Waals surface area contributed by atoms with Crippen LogP contribution in [0, 0.1) is 7.14 Å². The van der Waals surface area contributed by atoms with E-state index in [0.29, 0.717) is 11.0 Å². The molecule has 2 N–H and O–H groups in total. The summed E-state index contributed by atoms with van der Waals surface area (Å²) in [7, 11) is 1.66. The molecule has 0 bridgehead atoms. The van der Waals surface area contributed by atoms with Crippen LogP contribution in [0.5, 0.6) is 17.2 Å². The van der Waals surface area contributed by atoms with E-state index in [-0.39, 0.29) is 11.5 Å². The second-order valence-corrected chi connectivity index (χ2v) is 10.7. The fourth-order valence-electron chi connectivity index (χ4n) is 4.34. The van der Waals surface area contributed by atoms with Gasteiger partial charge in [0.05, 0.1) is 14.3 Å². The largest absolute Gasteiger partial charge is 0.505 e. The highest BCUT2D eigenvalue weighted by atomic mass is 127. The van der Waals surface area contributed by atoms with Gasteiger partial charge < -0.3 is 14.9 Å². The quantitative estimate of drug-likeness (QED) is 0.179. The van der Waals surface area contributed by atoms with Gasteiger partial charge in [-0.3, -0.25) is 9.97 Å². The summed E-state index contributed by atoms with van der Waals surface area (Å²) in [6, 6.07) is 29.6. The lowest BCUT2D eigenvalue weighted by Gasteiger charge is -2.12. The molecule has 0 aliphatic carbocycles. The van der Waals surface area contributed by atoms with Gasteiger partial charge in [0, 0.05) is 28.7 Å². The first-order valence-corrected chi connectivity index (χ1v) is 13.9. The summed E-state index contributed by atoms with van der Waals surface area (Å²) in [5.41, 5.74) is 5.50. The predicted octanol–water partition coefficient (Wildman–Crippen LogP) is 8.43. The summed E-state index contributed by atoms with van der Waals surface area (Å²) < 4.78 is 7.02. The zero-order chi connectivity index (χ0) is 26.6. The van der Waals surface area contributed by atoms with Gasteiger partial charge in [-0.05, 0) is 92.2 Å². The molecule has 188 valence electrons. The molecule has 6 rings (SSSR count). The van der Waals surface area contributed by atoms with Crippen LogP contribution in [-0.4, -0.2) is 27.3 Å². The molecule has 0 amide bonds. The van der Waals surface area contributed by atoms with Crippen LogP contribution in [0.25, 0.3) is 44.1 Å². The third kappa shape index (κ3) is 5.12. The van der Waals surface area contributed by atoms with Crippen LogP contribution in [0.2, 0.25) is 0 Å². The number of phenols is 2. The summed E-state index contributed by atoms with van der Waals surface area (Å²) in [6.07, 6.45) is 3.39. The molecule has 0 atom stereocenters. The Hall–Kier alpha value is -3.44. The van der Waals surface area contributed by atoms with Crippen LogP contribution >= 0.6 is 45.2 Å². The number of halogens is 2. The van der Waals surface area contributed by atoms with Gasteiger partial charge in [-0.2, -0.15) is 0 Å². The van der Waals surface area contributed by atoms with E-state index in [0.717, 1.165) is 45.9 Å². The molecule has 6 aromatic rings. The number of methoxy groups -OCH3 is 1. The minimum atomic E-state index is 0.222. The van der Waals surface area contributed by atoms with Crippen molar-refractivity contribution in [2.24, 2.45) is 0 Å². The topological polar surface area (TPSA) is 75.5 Å². The van der Waals surface area contributed by atoms with Crippen molar-refractivity contribution in [2.75, 3.05) is 7.11 Å². The van der Waals surface area contributed by atoms with Crippen LogP contribution < -0.4 is 4.74 Å². The number of fused-ring (bicyclic) bond motifs is 2. The molecule has 4 aromatic carbocycles. The van der Waals surface area contributed by atoms with E-state index >= 15 is 0 Å². The number of nitrogens with zero attached hydrogens (tertiary/aromatic N) is 2. The second-order valence-electron chi connectivity index (χ2n) is 8.37. The molecular formula is C31H22I2N2O3. The van der Waals surface area contributed by atoms with Crippen molar-refractivity contribution in [2.45, 2.75) is 0 Å². The zero-order valence-electron chi connectivity index (χ0n) is 20.3. The Balaban J connectivity index is 0.000000156. The fraction of sp³-hybridized carbons (Fsp3) is 0.0323. The fourth-order valence-corrected chi connectivity index (χ4v) is 5.47. The molecule has 0 saturated carbocycles. The number of ether oxygens (including phenoxy) is 1. The number of aromatic hydroxyl groups is 2. The van der Waals surface area contributed by atoms with Gasteiger partial charge in [-0.15, -0.1) is 0 Å². The Labute approximate surface area is 247 Å². The standard InChI is InChI=1S/C16H12INO2.C15H10INO/c1-20-14-7-3-2-5-10(14)12-9-13(17)16(19)15-11(12)6-4-8-18-15;16-13-9-12(10-5-2-1-3-6-10)11-7-4-8-17-14(11)15(13)18/h2-9,19H,1H3;1-9,18H. The van der Waals surface area contributed by atoms with Gasteiger partial charge in [-0.25, -0.2) is 0 Å². The van der Waals surface area contributed by atoms with E-state index < -0.39 is 0 Å². The Morgan fingerprint density at radius 3 is 1.74 bits per heavy atom. The van der Waals surface area contributed by atoms with E-state index in [1.54, 1.807) is 19.5 Å². The van der Waals surface area contributed by atoms with E-state index in [1.165, 1.54) is 0 Å². The van der Waals surface area contributed by atoms with Gasteiger partial charge in [0.15, 0.2) is 11.5 Å². The van der Waals surface area contributed by atoms with Crippen molar-refractivity contribution < 1.29 is 14.9 Å². The second kappa shape index (κ2) is 11.5. The number of aromatic nitrogens is 2. The number of hydrogen-bond acceptors (Lipinski definition) is 5. The molecular weight excluding hydrogens is 702 g/mol. The number of para-hydroxylation sites is 1. The number of phenolic OH excluding ortho intramolecular Hbond substituents is 2. The van der Waals surface area contributed by atoms with Gasteiger partial charge in [-0.1, -0.05) is 60.7 Å². The van der Waals surface area contributed by atoms with Crippen molar-refractivity contribution in [3.63, 3.8) is 0 Å². The first-order valence-electron chi connectivity index (χ1n) is 11.7. The Kier molecular flexibility index (Phi) is 7.94. The van der Waals surface area contributed by atoms with Crippen molar-refractivity contribution in [3.8, 4) is 39.5 Å². The first-order chi connectivity index (χ1) is 18.5. The molecule has 38 heavy (non-hydrogen) atoms. The Morgan fingerprint density at radius 1 is 0.605 bits per heavy atom. The lowest BCUT2D eigenvalue weighted by atomic mass is 9.99. The minimum Gasteiger partial charge on any atom is -0.505 e. The third-order valence-electron chi connectivity index (χ3n) is 6.12. The highest BCUT2D eigenvalue weighted by molar-refractivity contribution is 14.1. The maximum atomic E-state index is 10.2. The summed E-state index contributed by atoms with van der Waals surface area (Å²) in [4.78, 5) is 8.56. The van der Waals surface area contributed by atoms with E-state index in [4.69, 9.17) is 4.74 Å². The monoisotopic (exact) mass is 724 g/mol. The Bertz CT molecular complexity index is 1760. The van der Waals surface area contributed by atoms with Gasteiger partial charge >= 0.3 is 0 Å². The third-order valence-corrected chi connectivity index (χ3v) is 7.77. The van der Waals surface area contributed by atoms with Crippen molar-refractivity contribution in [3.05, 3.63) is 111 Å². The molecule has 2 aromatic heterocycles. The number of benzene rings is 4. The number of hydrogen-bond donors (Lipinski definition) is 2. The van der Waals surface area contributed by atoms with Crippen molar-refractivity contribution >= 4 is 67.0 Å². The van der Waals surface area contributed by atoms with Crippen LogP contribution in [-0.2, 0) is 0 Å². The van der Waals surface area contributed by atoms with Crippen LogP contribution in [0.3, 0.4) is 0 Å². The van der Waals surface area contributed by atoms with Crippen molar-refractivity contribution in [1.82, 2.24) is 9.97 Å². The molecule has 0 spiro atoms. The summed E-state index contributed by atoms with van der Waals surface area (Å²) in [5.74, 6) is 1.28. The summed E-state index contributed by atoms with van der Waals surface area (Å²) in [6.45, 7) is 0. The summed E-state index contributed by atoms with van der Waals surface area (Å²) >= 11 is 4.25. The van der Waals surface area contributed by atoms with Crippen LogP contribution in [0.15, 0.2) is 103 Å². The molecule has 0 saturated heterocycles. The normalized spacial score (nSPS) is 10.7. The lowest BCUT2D eigenvalue weighted by Crippen LogP contribution is -1.91. The summed E-state index contributed by atoms with van der Waals surface area (Å²) in [5, 5.41) is 22.1. The first kappa shape index (κ1) is 26.2. The highest BCUT2D eigenvalue weighted by Gasteiger charge is 2.15. The molecule has 5 nitrogen and oxygen atoms in total. The van der Waals surface area contributed by atoms with E-state index in [2.05, 4.69) is 67.3 Å². The smallest absolute Gasteiger partial charge is 0.155 e. The van der Waals surface area contributed by atoms with E-state index in [1.807, 2.05) is 78.9 Å². The average Bonchev–Trinajstić information content (AvgIpc) is 2.97. The molecule has 0 radical (unpaired) electrons. The SMILES string of the molecule is COc1ccccc1-c1cc(I)c(O)c2ncccc12.Oc1c(I)cc(-c2ccccc2)c2cccnc12. The highest BCUT2D eigenvalue weighted by Crippen LogP contribution is 2.40. The van der Waals surface area contributed by atoms with Gasteiger partial charge in [0.2, 0.25) is 0 Å². The molecule has 2 heterocycles.